The van der Waals surface area contributed by atoms with Gasteiger partial charge in [0.25, 0.3) is 0 Å². The van der Waals surface area contributed by atoms with Gasteiger partial charge in [-0.3, -0.25) is 19.4 Å². The summed E-state index contributed by atoms with van der Waals surface area (Å²) in [5, 5.41) is 18.5. The molecule has 0 bridgehead atoms. The van der Waals surface area contributed by atoms with Gasteiger partial charge in [0.2, 0.25) is 5.91 Å². The monoisotopic (exact) mass is 571 g/mol. The van der Waals surface area contributed by atoms with Crippen molar-refractivity contribution >= 4 is 17.8 Å². The van der Waals surface area contributed by atoms with E-state index >= 15 is 0 Å². The van der Waals surface area contributed by atoms with E-state index in [9.17, 15) is 31.1 Å². The lowest BCUT2D eigenvalue weighted by Crippen LogP contribution is -2.31. The number of carbonyl (C=O) groups is 3. The maximum Gasteiger partial charge on any atom is 0.490 e. The van der Waals surface area contributed by atoms with Gasteiger partial charge < -0.3 is 19.8 Å². The number of amides is 1. The molecule has 2 aromatic rings. The zero-order chi connectivity index (χ0) is 30.0. The number of fused-ring (bicyclic) bond motifs is 1. The lowest BCUT2D eigenvalue weighted by molar-refractivity contribution is -0.193. The Bertz CT molecular complexity index is 1100. The van der Waals surface area contributed by atoms with Crippen LogP contribution >= 0.6 is 0 Å². The van der Waals surface area contributed by atoms with Crippen LogP contribution in [0.3, 0.4) is 0 Å². The van der Waals surface area contributed by atoms with Crippen LogP contribution in [0.4, 0.5) is 26.3 Å². The van der Waals surface area contributed by atoms with Crippen molar-refractivity contribution in [2.24, 2.45) is 7.05 Å². The van der Waals surface area contributed by atoms with E-state index in [-0.39, 0.29) is 12.5 Å². The molecule has 0 fully saturated rings. The number of likely N-dealkylation sites (N-methyl/N-ethyl adjacent to an activating group) is 1. The van der Waals surface area contributed by atoms with Gasteiger partial charge in [0.1, 0.15) is 6.61 Å². The van der Waals surface area contributed by atoms with E-state index in [1.54, 1.807) is 14.1 Å². The third-order valence-corrected chi connectivity index (χ3v) is 4.94. The van der Waals surface area contributed by atoms with Crippen LogP contribution in [0.5, 0.6) is 0 Å². The molecule has 0 saturated heterocycles. The van der Waals surface area contributed by atoms with Crippen molar-refractivity contribution in [3.05, 3.63) is 47.0 Å². The fraction of sp³-hybridized carbons (Fsp3) is 0.500. The highest BCUT2D eigenvalue weighted by Gasteiger charge is 2.38. The minimum atomic E-state index is -5.08. The predicted octanol–water partition coefficient (Wildman–Crippen LogP) is 2.24. The van der Waals surface area contributed by atoms with Crippen molar-refractivity contribution in [3.8, 4) is 0 Å². The highest BCUT2D eigenvalue weighted by Crippen LogP contribution is 2.23. The van der Waals surface area contributed by atoms with Crippen LogP contribution in [0.25, 0.3) is 0 Å². The predicted molar refractivity (Wildman–Crippen MR) is 121 cm³/mol. The van der Waals surface area contributed by atoms with Crippen molar-refractivity contribution in [1.29, 1.82) is 0 Å². The standard InChI is InChI=1S/C18H25N5O2.2C2HF3O2/c1-21(2)18(24)13-25-12-16-8-19-7-15-11-23(5-4-17(15)16)10-14-6-20-22(3)9-14;2*3-2(4,5)1(6)7/h6-9H,4-5,10-13H2,1-3H3;2*(H,6,7). The number of pyridine rings is 1. The summed E-state index contributed by atoms with van der Waals surface area (Å²) in [5.41, 5.74) is 4.87. The summed E-state index contributed by atoms with van der Waals surface area (Å²) in [6.07, 6.45) is -1.42. The third-order valence-electron chi connectivity index (χ3n) is 4.94. The number of carbonyl (C=O) groups excluding carboxylic acids is 1. The number of halogens is 6. The summed E-state index contributed by atoms with van der Waals surface area (Å²) < 4.78 is 70.9. The van der Waals surface area contributed by atoms with Crippen LogP contribution in [-0.2, 0) is 52.3 Å². The molecule has 11 nitrogen and oxygen atoms in total. The average Bonchev–Trinajstić information content (AvgIpc) is 3.22. The SMILES string of the molecule is CN(C)C(=O)COCc1cncc2c1CCN(Cc1cnn(C)c1)C2.O=C(O)C(F)(F)F.O=C(O)C(F)(F)F. The van der Waals surface area contributed by atoms with E-state index < -0.39 is 24.3 Å². The summed E-state index contributed by atoms with van der Waals surface area (Å²) in [4.78, 5) is 37.7. The van der Waals surface area contributed by atoms with E-state index in [0.717, 1.165) is 31.6 Å². The van der Waals surface area contributed by atoms with Crippen molar-refractivity contribution in [2.75, 3.05) is 27.2 Å². The highest BCUT2D eigenvalue weighted by molar-refractivity contribution is 5.76. The van der Waals surface area contributed by atoms with Gasteiger partial charge >= 0.3 is 24.3 Å². The molecule has 17 heteroatoms. The first-order valence-corrected chi connectivity index (χ1v) is 10.9. The Morgan fingerprint density at radius 2 is 1.59 bits per heavy atom. The summed E-state index contributed by atoms with van der Waals surface area (Å²) >= 11 is 0. The highest BCUT2D eigenvalue weighted by atomic mass is 19.4. The first-order valence-electron chi connectivity index (χ1n) is 10.9. The maximum atomic E-state index is 11.6. The number of aryl methyl sites for hydroxylation is 1. The number of alkyl halides is 6. The Hall–Kier alpha value is -3.73. The molecule has 1 aliphatic rings. The number of ether oxygens (including phenoxy) is 1. The second-order valence-corrected chi connectivity index (χ2v) is 8.31. The van der Waals surface area contributed by atoms with Gasteiger partial charge in [-0.25, -0.2) is 9.59 Å². The molecular weight excluding hydrogens is 544 g/mol. The van der Waals surface area contributed by atoms with E-state index in [1.165, 1.54) is 21.6 Å². The van der Waals surface area contributed by atoms with E-state index in [4.69, 9.17) is 24.5 Å². The molecule has 2 aromatic heterocycles. The molecule has 3 rings (SSSR count). The van der Waals surface area contributed by atoms with Crippen LogP contribution < -0.4 is 0 Å². The number of aromatic nitrogens is 3. The van der Waals surface area contributed by atoms with Gasteiger partial charge in [0.15, 0.2) is 0 Å². The molecule has 0 radical (unpaired) electrons. The molecule has 0 aliphatic carbocycles. The number of hydrogen-bond acceptors (Lipinski definition) is 7. The molecule has 3 heterocycles. The lowest BCUT2D eigenvalue weighted by Gasteiger charge is -2.29. The topological polar surface area (TPSA) is 138 Å². The summed E-state index contributed by atoms with van der Waals surface area (Å²) in [7, 11) is 5.40. The van der Waals surface area contributed by atoms with Gasteiger partial charge in [-0.15, -0.1) is 0 Å². The van der Waals surface area contributed by atoms with E-state index in [0.29, 0.717) is 6.61 Å². The van der Waals surface area contributed by atoms with Crippen LogP contribution in [0.15, 0.2) is 24.8 Å². The quantitative estimate of drug-likeness (QED) is 0.500. The minimum absolute atomic E-state index is 0.0274. The lowest BCUT2D eigenvalue weighted by atomic mass is 9.97. The van der Waals surface area contributed by atoms with Gasteiger partial charge in [0, 0.05) is 64.9 Å². The smallest absolute Gasteiger partial charge is 0.475 e. The van der Waals surface area contributed by atoms with Gasteiger partial charge in [-0.1, -0.05) is 0 Å². The van der Waals surface area contributed by atoms with Crippen molar-refractivity contribution in [1.82, 2.24) is 24.6 Å². The Kier molecular flexibility index (Phi) is 12.3. The number of aliphatic carboxylic acids is 2. The number of hydrogen-bond donors (Lipinski definition) is 2. The maximum absolute atomic E-state index is 11.6. The number of rotatable bonds is 6. The van der Waals surface area contributed by atoms with Crippen LogP contribution in [-0.4, -0.2) is 92.2 Å². The molecule has 2 N–H and O–H groups in total. The van der Waals surface area contributed by atoms with Crippen LogP contribution in [0.2, 0.25) is 0 Å². The Labute approximate surface area is 218 Å². The summed E-state index contributed by atoms with van der Waals surface area (Å²) in [6, 6.07) is 0. The Morgan fingerprint density at radius 1 is 1.03 bits per heavy atom. The molecule has 0 saturated carbocycles. The van der Waals surface area contributed by atoms with Crippen molar-refractivity contribution in [2.45, 2.75) is 38.5 Å². The molecule has 0 unspecified atom stereocenters. The first-order chi connectivity index (χ1) is 17.9. The van der Waals surface area contributed by atoms with Crippen LogP contribution in [0.1, 0.15) is 22.3 Å². The molecule has 1 aliphatic heterocycles. The zero-order valence-electron chi connectivity index (χ0n) is 21.1. The fourth-order valence-electron chi connectivity index (χ4n) is 3.07. The number of nitrogens with zero attached hydrogens (tertiary/aromatic N) is 5. The molecule has 39 heavy (non-hydrogen) atoms. The molecule has 0 spiro atoms. The largest absolute Gasteiger partial charge is 0.490 e. The zero-order valence-corrected chi connectivity index (χ0v) is 21.1. The third kappa shape index (κ3) is 12.1. The van der Waals surface area contributed by atoms with E-state index in [2.05, 4.69) is 21.2 Å². The minimum Gasteiger partial charge on any atom is -0.475 e. The first kappa shape index (κ1) is 33.3. The number of carboxylic acid groups (broad SMARTS) is 2. The Morgan fingerprint density at radius 3 is 2.05 bits per heavy atom. The molecular formula is C22H27F6N5O6. The second-order valence-electron chi connectivity index (χ2n) is 8.31. The molecule has 218 valence electrons. The second kappa shape index (κ2) is 14.4. The van der Waals surface area contributed by atoms with Gasteiger partial charge in [0.05, 0.1) is 12.8 Å². The molecule has 0 atom stereocenters. The van der Waals surface area contributed by atoms with Crippen LogP contribution in [0, 0.1) is 0 Å². The van der Waals surface area contributed by atoms with Crippen molar-refractivity contribution in [3.63, 3.8) is 0 Å². The Balaban J connectivity index is 0.000000449. The fourth-order valence-corrected chi connectivity index (χ4v) is 3.07. The van der Waals surface area contributed by atoms with Gasteiger partial charge in [-0.2, -0.15) is 31.4 Å². The molecule has 1 amide bonds. The molecule has 0 aromatic carbocycles. The average molecular weight is 571 g/mol. The van der Waals surface area contributed by atoms with Crippen molar-refractivity contribution < 1.29 is 55.7 Å². The summed E-state index contributed by atoms with van der Waals surface area (Å²) in [5.74, 6) is -5.54. The van der Waals surface area contributed by atoms with Gasteiger partial charge in [-0.05, 0) is 23.1 Å². The summed E-state index contributed by atoms with van der Waals surface area (Å²) in [6.45, 7) is 3.30. The van der Waals surface area contributed by atoms with E-state index in [1.807, 2.05) is 30.3 Å². The number of carboxylic acids is 2. The normalized spacial score (nSPS) is 13.3.